The van der Waals surface area contributed by atoms with Gasteiger partial charge in [0, 0.05) is 17.8 Å². The van der Waals surface area contributed by atoms with E-state index in [9.17, 15) is 0 Å². The second-order valence-electron chi connectivity index (χ2n) is 6.10. The minimum absolute atomic E-state index is 0.452. The van der Waals surface area contributed by atoms with E-state index in [4.69, 9.17) is 18.7 Å². The van der Waals surface area contributed by atoms with Crippen molar-refractivity contribution >= 4 is 33.9 Å². The van der Waals surface area contributed by atoms with Gasteiger partial charge in [0.1, 0.15) is 17.2 Å². The van der Waals surface area contributed by atoms with E-state index in [1.165, 1.54) is 23.1 Å². The Hall–Kier alpha value is -3.31. The van der Waals surface area contributed by atoms with Crippen LogP contribution in [0.5, 0.6) is 17.2 Å². The number of rotatable bonds is 9. The van der Waals surface area contributed by atoms with E-state index in [0.29, 0.717) is 34.1 Å². The molecule has 4 rings (SSSR count). The van der Waals surface area contributed by atoms with Gasteiger partial charge in [-0.2, -0.15) is 4.98 Å². The Labute approximate surface area is 186 Å². The Balaban J connectivity index is 1.39. The summed E-state index contributed by atoms with van der Waals surface area (Å²) >= 11 is 2.91. The molecule has 0 aliphatic rings. The quantitative estimate of drug-likeness (QED) is 0.357. The van der Waals surface area contributed by atoms with Gasteiger partial charge in [-0.05, 0) is 24.3 Å². The van der Waals surface area contributed by atoms with Crippen LogP contribution >= 0.6 is 23.1 Å². The first-order chi connectivity index (χ1) is 15.2. The molecule has 0 fully saturated rings. The smallest absolute Gasteiger partial charge is 0.237 e. The van der Waals surface area contributed by atoms with Crippen LogP contribution in [0.4, 0.5) is 10.8 Å². The molecule has 0 atom stereocenters. The fourth-order valence-corrected chi connectivity index (χ4v) is 4.28. The molecule has 0 spiro atoms. The predicted octanol–water partition coefficient (Wildman–Crippen LogP) is 4.65. The molecule has 0 aliphatic heterocycles. The minimum Gasteiger partial charge on any atom is -0.497 e. The van der Waals surface area contributed by atoms with Crippen LogP contribution in [0.1, 0.15) is 5.89 Å². The Kier molecular flexibility index (Phi) is 6.53. The summed E-state index contributed by atoms with van der Waals surface area (Å²) in [6.07, 6.45) is 0. The number of anilines is 2. The highest BCUT2D eigenvalue weighted by atomic mass is 32.2. The summed E-state index contributed by atoms with van der Waals surface area (Å²) in [5.74, 6) is 3.47. The van der Waals surface area contributed by atoms with Gasteiger partial charge in [0.05, 0.1) is 32.6 Å². The van der Waals surface area contributed by atoms with Crippen LogP contribution in [0.3, 0.4) is 0 Å². The fraction of sp³-hybridized carbons (Fsp3) is 0.200. The van der Waals surface area contributed by atoms with Gasteiger partial charge in [-0.3, -0.25) is 0 Å². The van der Waals surface area contributed by atoms with Gasteiger partial charge in [0.15, 0.2) is 4.34 Å². The number of aromatic nitrogens is 4. The number of thioether (sulfide) groups is 1. The van der Waals surface area contributed by atoms with E-state index in [2.05, 4.69) is 25.7 Å². The van der Waals surface area contributed by atoms with Crippen LogP contribution in [0.15, 0.2) is 51.3 Å². The zero-order valence-electron chi connectivity index (χ0n) is 17.0. The number of hydrogen-bond acceptors (Lipinski definition) is 11. The lowest BCUT2D eigenvalue weighted by atomic mass is 10.2. The molecule has 0 aliphatic carbocycles. The number of nitrogens with zero attached hydrogens (tertiary/aromatic N) is 4. The highest BCUT2D eigenvalue weighted by Gasteiger charge is 2.15. The molecule has 0 unspecified atom stereocenters. The second-order valence-corrected chi connectivity index (χ2v) is 8.30. The van der Waals surface area contributed by atoms with Crippen molar-refractivity contribution in [2.45, 2.75) is 10.1 Å². The number of methoxy groups -OCH3 is 3. The highest BCUT2D eigenvalue weighted by Crippen LogP contribution is 2.33. The minimum atomic E-state index is 0.452. The molecule has 0 radical (unpaired) electrons. The zero-order chi connectivity index (χ0) is 21.6. The normalized spacial score (nSPS) is 10.7. The van der Waals surface area contributed by atoms with Crippen LogP contribution in [-0.2, 0) is 5.75 Å². The van der Waals surface area contributed by atoms with Crippen molar-refractivity contribution in [1.82, 2.24) is 20.3 Å². The molecule has 1 N–H and O–H groups in total. The van der Waals surface area contributed by atoms with Crippen molar-refractivity contribution in [2.24, 2.45) is 0 Å². The molecule has 2 heterocycles. The fourth-order valence-electron chi connectivity index (χ4n) is 2.67. The number of benzene rings is 2. The Morgan fingerprint density at radius 1 is 1.00 bits per heavy atom. The Morgan fingerprint density at radius 2 is 1.84 bits per heavy atom. The molecule has 0 saturated heterocycles. The van der Waals surface area contributed by atoms with Crippen molar-refractivity contribution in [2.75, 3.05) is 26.6 Å². The molecule has 2 aromatic carbocycles. The lowest BCUT2D eigenvalue weighted by molar-refractivity contribution is 0.388. The Morgan fingerprint density at radius 3 is 2.65 bits per heavy atom. The van der Waals surface area contributed by atoms with Crippen LogP contribution in [0.25, 0.3) is 11.4 Å². The molecule has 11 heteroatoms. The number of hydrogen-bond donors (Lipinski definition) is 1. The summed E-state index contributed by atoms with van der Waals surface area (Å²) < 4.78 is 22.0. The standard InChI is InChI=1S/C20H19N5O4S2/c1-26-13-6-4-5-12(9-13)21-19-23-24-20(31-19)30-11-17-22-18(25-29-17)15-8-7-14(27-2)10-16(15)28-3/h4-10H,11H2,1-3H3,(H,21,23). The maximum atomic E-state index is 5.41. The van der Waals surface area contributed by atoms with Gasteiger partial charge >= 0.3 is 0 Å². The van der Waals surface area contributed by atoms with Crippen LogP contribution < -0.4 is 19.5 Å². The van der Waals surface area contributed by atoms with Crippen molar-refractivity contribution in [3.63, 3.8) is 0 Å². The summed E-state index contributed by atoms with van der Waals surface area (Å²) in [6, 6.07) is 13.0. The van der Waals surface area contributed by atoms with Gasteiger partial charge in [-0.25, -0.2) is 0 Å². The lowest BCUT2D eigenvalue weighted by Crippen LogP contribution is -1.91. The van der Waals surface area contributed by atoms with Gasteiger partial charge in [-0.15, -0.1) is 10.2 Å². The topological polar surface area (TPSA) is 104 Å². The van der Waals surface area contributed by atoms with Crippen molar-refractivity contribution in [3.8, 4) is 28.6 Å². The van der Waals surface area contributed by atoms with Gasteiger partial charge in [0.25, 0.3) is 0 Å². The van der Waals surface area contributed by atoms with E-state index in [1.807, 2.05) is 36.4 Å². The van der Waals surface area contributed by atoms with Gasteiger partial charge in [-0.1, -0.05) is 34.3 Å². The summed E-state index contributed by atoms with van der Waals surface area (Å²) in [5.41, 5.74) is 1.60. The third-order valence-corrected chi connectivity index (χ3v) is 6.12. The molecule has 160 valence electrons. The lowest BCUT2D eigenvalue weighted by Gasteiger charge is -2.07. The molecular formula is C20H19N5O4S2. The van der Waals surface area contributed by atoms with E-state index < -0.39 is 0 Å². The van der Waals surface area contributed by atoms with E-state index in [0.717, 1.165) is 21.3 Å². The zero-order valence-corrected chi connectivity index (χ0v) is 18.6. The molecular weight excluding hydrogens is 438 g/mol. The van der Waals surface area contributed by atoms with Gasteiger partial charge < -0.3 is 24.1 Å². The van der Waals surface area contributed by atoms with E-state index in [1.54, 1.807) is 27.4 Å². The monoisotopic (exact) mass is 457 g/mol. The molecule has 0 bridgehead atoms. The summed E-state index contributed by atoms with van der Waals surface area (Å²) in [5, 5.41) is 16.3. The van der Waals surface area contributed by atoms with Crippen molar-refractivity contribution in [1.29, 1.82) is 0 Å². The highest BCUT2D eigenvalue weighted by molar-refractivity contribution is 8.00. The summed E-state index contributed by atoms with van der Waals surface area (Å²) in [4.78, 5) is 4.46. The van der Waals surface area contributed by atoms with E-state index in [-0.39, 0.29) is 0 Å². The second kappa shape index (κ2) is 9.67. The van der Waals surface area contributed by atoms with Gasteiger partial charge in [0.2, 0.25) is 16.8 Å². The predicted molar refractivity (Wildman–Crippen MR) is 119 cm³/mol. The molecule has 2 aromatic heterocycles. The third kappa shape index (κ3) is 5.06. The maximum Gasteiger partial charge on any atom is 0.237 e. The number of nitrogens with one attached hydrogen (secondary N) is 1. The summed E-state index contributed by atoms with van der Waals surface area (Å²) in [7, 11) is 4.82. The molecule has 4 aromatic rings. The first kappa shape index (κ1) is 20.9. The SMILES string of the molecule is COc1cccc(Nc2nnc(SCc3nc(-c4ccc(OC)cc4OC)no3)s2)c1. The largest absolute Gasteiger partial charge is 0.497 e. The number of ether oxygens (including phenoxy) is 3. The first-order valence-corrected chi connectivity index (χ1v) is 10.9. The maximum absolute atomic E-state index is 5.41. The first-order valence-electron chi connectivity index (χ1n) is 9.11. The average Bonchev–Trinajstić information content (AvgIpc) is 3.46. The van der Waals surface area contributed by atoms with Crippen LogP contribution in [0, 0.1) is 0 Å². The molecule has 9 nitrogen and oxygen atoms in total. The third-order valence-electron chi connectivity index (χ3n) is 4.16. The van der Waals surface area contributed by atoms with E-state index >= 15 is 0 Å². The molecule has 0 amide bonds. The summed E-state index contributed by atoms with van der Waals surface area (Å²) in [6.45, 7) is 0. The molecule has 31 heavy (non-hydrogen) atoms. The van der Waals surface area contributed by atoms with Crippen molar-refractivity contribution < 1.29 is 18.7 Å². The molecule has 0 saturated carbocycles. The van der Waals surface area contributed by atoms with Crippen molar-refractivity contribution in [3.05, 3.63) is 48.4 Å². The Bertz CT molecular complexity index is 1160. The van der Waals surface area contributed by atoms with Crippen LogP contribution in [-0.4, -0.2) is 41.7 Å². The average molecular weight is 458 g/mol. The van der Waals surface area contributed by atoms with Crippen LogP contribution in [0.2, 0.25) is 0 Å².